The second kappa shape index (κ2) is 6.19. The van der Waals surface area contributed by atoms with Gasteiger partial charge in [0.25, 0.3) is 0 Å². The summed E-state index contributed by atoms with van der Waals surface area (Å²) in [6.45, 7) is 5.47. The number of sulfonamides is 1. The molecule has 1 unspecified atom stereocenters. The van der Waals surface area contributed by atoms with Gasteiger partial charge >= 0.3 is 0 Å². The zero-order valence-electron chi connectivity index (χ0n) is 14.3. The molecule has 23 heavy (non-hydrogen) atoms. The highest BCUT2D eigenvalue weighted by Crippen LogP contribution is 2.57. The molecule has 2 aliphatic carbocycles. The average Bonchev–Trinajstić information content (AvgIpc) is 2.55. The summed E-state index contributed by atoms with van der Waals surface area (Å²) in [5.41, 5.74) is 1.37. The van der Waals surface area contributed by atoms with Crippen LogP contribution in [0.25, 0.3) is 0 Å². The molecular formula is C18H28N2O2S. The van der Waals surface area contributed by atoms with E-state index in [4.69, 9.17) is 0 Å². The number of hydrogen-bond acceptors (Lipinski definition) is 3. The lowest BCUT2D eigenvalue weighted by Gasteiger charge is -2.61. The quantitative estimate of drug-likeness (QED) is 0.869. The van der Waals surface area contributed by atoms with Crippen LogP contribution < -0.4 is 10.0 Å². The van der Waals surface area contributed by atoms with Crippen LogP contribution in [0.4, 0.5) is 0 Å². The number of rotatable bonds is 5. The third kappa shape index (κ3) is 3.06. The molecule has 1 aromatic carbocycles. The predicted octanol–water partition coefficient (Wildman–Crippen LogP) is 2.90. The van der Waals surface area contributed by atoms with Gasteiger partial charge in [-0.25, -0.2) is 13.1 Å². The van der Waals surface area contributed by atoms with Crippen molar-refractivity contribution < 1.29 is 8.42 Å². The van der Waals surface area contributed by atoms with Crippen molar-refractivity contribution in [3.05, 3.63) is 29.8 Å². The maximum absolute atomic E-state index is 11.9. The highest BCUT2D eigenvalue weighted by Gasteiger charge is 2.55. The van der Waals surface area contributed by atoms with Gasteiger partial charge in [-0.05, 0) is 54.8 Å². The van der Waals surface area contributed by atoms with E-state index in [1.807, 2.05) is 12.1 Å². The van der Waals surface area contributed by atoms with Crippen LogP contribution in [0.1, 0.15) is 45.1 Å². The van der Waals surface area contributed by atoms with E-state index in [0.29, 0.717) is 16.4 Å². The Morgan fingerprint density at radius 2 is 1.96 bits per heavy atom. The largest absolute Gasteiger partial charge is 0.309 e. The van der Waals surface area contributed by atoms with Crippen molar-refractivity contribution in [2.75, 3.05) is 7.05 Å². The Hall–Kier alpha value is -0.910. The third-order valence-electron chi connectivity index (χ3n) is 6.01. The van der Waals surface area contributed by atoms with Gasteiger partial charge in [-0.15, -0.1) is 0 Å². The lowest BCUT2D eigenvalue weighted by atomic mass is 9.48. The minimum atomic E-state index is -3.37. The van der Waals surface area contributed by atoms with Gasteiger partial charge in [-0.2, -0.15) is 0 Å². The van der Waals surface area contributed by atoms with E-state index in [1.54, 1.807) is 12.1 Å². The predicted molar refractivity (Wildman–Crippen MR) is 92.5 cm³/mol. The summed E-state index contributed by atoms with van der Waals surface area (Å²) in [4.78, 5) is 0.336. The fourth-order valence-corrected chi connectivity index (χ4v) is 5.53. The van der Waals surface area contributed by atoms with Crippen LogP contribution in [0.15, 0.2) is 29.2 Å². The number of nitrogens with one attached hydrogen (secondary N) is 2. The first-order valence-corrected chi connectivity index (χ1v) is 10.1. The van der Waals surface area contributed by atoms with Crippen LogP contribution in [0.3, 0.4) is 0 Å². The van der Waals surface area contributed by atoms with Crippen molar-refractivity contribution in [3.63, 3.8) is 0 Å². The number of benzene rings is 1. The van der Waals surface area contributed by atoms with Crippen molar-refractivity contribution in [3.8, 4) is 0 Å². The van der Waals surface area contributed by atoms with E-state index in [0.717, 1.165) is 23.9 Å². The van der Waals surface area contributed by atoms with Gasteiger partial charge in [0.15, 0.2) is 0 Å². The van der Waals surface area contributed by atoms with E-state index < -0.39 is 10.0 Å². The summed E-state index contributed by atoms with van der Waals surface area (Å²) < 4.78 is 26.2. The molecule has 128 valence electrons. The maximum atomic E-state index is 11.9. The van der Waals surface area contributed by atoms with Crippen LogP contribution in [-0.2, 0) is 16.6 Å². The third-order valence-corrected chi connectivity index (χ3v) is 7.42. The van der Waals surface area contributed by atoms with Crippen LogP contribution in [-0.4, -0.2) is 21.5 Å². The van der Waals surface area contributed by atoms with Crippen molar-refractivity contribution in [1.29, 1.82) is 0 Å². The molecule has 2 N–H and O–H groups in total. The first kappa shape index (κ1) is 16.9. The Balaban J connectivity index is 1.68. The van der Waals surface area contributed by atoms with Crippen molar-refractivity contribution in [2.24, 2.45) is 17.3 Å². The smallest absolute Gasteiger partial charge is 0.240 e. The summed E-state index contributed by atoms with van der Waals surface area (Å²) in [6, 6.07) is 7.75. The molecule has 5 heteroatoms. The fraction of sp³-hybridized carbons (Fsp3) is 0.667. The highest BCUT2D eigenvalue weighted by molar-refractivity contribution is 7.89. The summed E-state index contributed by atoms with van der Waals surface area (Å²) in [6.07, 6.45) is 5.43. The van der Waals surface area contributed by atoms with Gasteiger partial charge in [-0.1, -0.05) is 38.8 Å². The minimum Gasteiger partial charge on any atom is -0.309 e. The summed E-state index contributed by atoms with van der Waals surface area (Å²) in [5.74, 6) is 1.65. The number of hydrogen-bond donors (Lipinski definition) is 2. The topological polar surface area (TPSA) is 58.2 Å². The Bertz CT molecular complexity index is 669. The van der Waals surface area contributed by atoms with Crippen molar-refractivity contribution in [1.82, 2.24) is 10.0 Å². The first-order chi connectivity index (χ1) is 10.9. The lowest BCUT2D eigenvalue weighted by molar-refractivity contribution is -0.0882. The Morgan fingerprint density at radius 1 is 1.22 bits per heavy atom. The van der Waals surface area contributed by atoms with E-state index in [1.165, 1.54) is 32.7 Å². The van der Waals surface area contributed by atoms with Gasteiger partial charge < -0.3 is 5.32 Å². The second-order valence-corrected chi connectivity index (χ2v) is 9.48. The highest BCUT2D eigenvalue weighted by atomic mass is 32.2. The standard InChI is InChI=1S/C18H28N2O2S/c1-18(2)16-10-5-4-9-15(16)17(18)20-12-13-7-6-8-14(11-13)23(21,22)19-3/h6-8,11,15-17,19-20H,4-5,9-10,12H2,1-3H3/t15-,16+,17?/m1/s1. The SMILES string of the molecule is CNS(=O)(=O)c1cccc(CNC2[C@@H]3CCCC[C@@H]3C2(C)C)c1. The number of fused-ring (bicyclic) bond motifs is 1. The molecule has 2 aliphatic rings. The molecule has 1 aromatic rings. The molecule has 2 fully saturated rings. The Kier molecular flexibility index (Phi) is 4.55. The van der Waals surface area contributed by atoms with Gasteiger partial charge in [0, 0.05) is 12.6 Å². The molecule has 3 rings (SSSR count). The molecule has 2 saturated carbocycles. The zero-order chi connectivity index (χ0) is 16.7. The monoisotopic (exact) mass is 336 g/mol. The summed E-state index contributed by atoms with van der Waals surface area (Å²) >= 11 is 0. The molecular weight excluding hydrogens is 308 g/mol. The summed E-state index contributed by atoms with van der Waals surface area (Å²) in [7, 11) is -1.93. The van der Waals surface area contributed by atoms with Crippen LogP contribution >= 0.6 is 0 Å². The van der Waals surface area contributed by atoms with Crippen LogP contribution in [0, 0.1) is 17.3 Å². The maximum Gasteiger partial charge on any atom is 0.240 e. The van der Waals surface area contributed by atoms with Gasteiger partial charge in [0.05, 0.1) is 4.90 Å². The molecule has 0 aromatic heterocycles. The lowest BCUT2D eigenvalue weighted by Crippen LogP contribution is -2.64. The second-order valence-electron chi connectivity index (χ2n) is 7.59. The van der Waals surface area contributed by atoms with Crippen molar-refractivity contribution >= 4 is 10.0 Å². The normalized spacial score (nSPS) is 29.6. The van der Waals surface area contributed by atoms with Gasteiger partial charge in [0.1, 0.15) is 0 Å². The molecule has 0 amide bonds. The molecule has 0 heterocycles. The zero-order valence-corrected chi connectivity index (χ0v) is 15.1. The van der Waals surface area contributed by atoms with E-state index in [-0.39, 0.29) is 0 Å². The average molecular weight is 337 g/mol. The van der Waals surface area contributed by atoms with E-state index >= 15 is 0 Å². The van der Waals surface area contributed by atoms with Crippen LogP contribution in [0.2, 0.25) is 0 Å². The van der Waals surface area contributed by atoms with E-state index in [2.05, 4.69) is 23.9 Å². The first-order valence-electron chi connectivity index (χ1n) is 8.62. The fourth-order valence-electron chi connectivity index (χ4n) is 4.73. The molecule has 3 atom stereocenters. The molecule has 0 saturated heterocycles. The molecule has 0 bridgehead atoms. The molecule has 0 aliphatic heterocycles. The molecule has 4 nitrogen and oxygen atoms in total. The van der Waals surface area contributed by atoms with E-state index in [9.17, 15) is 8.42 Å². The Morgan fingerprint density at radius 3 is 2.70 bits per heavy atom. The Labute approximate surface area is 140 Å². The molecule has 0 radical (unpaired) electrons. The van der Waals surface area contributed by atoms with Gasteiger partial charge in [0.2, 0.25) is 10.0 Å². The van der Waals surface area contributed by atoms with Crippen molar-refractivity contribution in [2.45, 2.75) is 57.0 Å². The minimum absolute atomic E-state index is 0.336. The molecule has 0 spiro atoms. The summed E-state index contributed by atoms with van der Waals surface area (Å²) in [5, 5.41) is 3.71. The van der Waals surface area contributed by atoms with Gasteiger partial charge in [-0.3, -0.25) is 0 Å². The van der Waals surface area contributed by atoms with Crippen LogP contribution in [0.5, 0.6) is 0 Å².